The largest absolute Gasteiger partial charge is 0.444 e. The molecule has 0 aliphatic rings. The van der Waals surface area contributed by atoms with Crippen molar-refractivity contribution in [3.8, 4) is 0 Å². The topological polar surface area (TPSA) is 61.9 Å². The number of rotatable bonds is 7. The van der Waals surface area contributed by atoms with Crippen LogP contribution in [0.1, 0.15) is 33.3 Å². The van der Waals surface area contributed by atoms with E-state index >= 15 is 0 Å². The minimum absolute atomic E-state index is 0.248. The molecule has 0 spiro atoms. The van der Waals surface area contributed by atoms with Crippen molar-refractivity contribution in [1.29, 1.82) is 0 Å². The molecule has 0 unspecified atom stereocenters. The molecule has 1 N–H and O–H groups in total. The molecule has 0 radical (unpaired) electrons. The van der Waals surface area contributed by atoms with E-state index < -0.39 is 17.7 Å². The van der Waals surface area contributed by atoms with E-state index in [0.717, 1.165) is 0 Å². The summed E-state index contributed by atoms with van der Waals surface area (Å²) in [6.45, 7) is 8.26. The Morgan fingerprint density at radius 3 is 2.42 bits per heavy atom. The molecule has 26 heavy (non-hydrogen) atoms. The minimum Gasteiger partial charge on any atom is -0.444 e. The maximum atomic E-state index is 13.4. The van der Waals surface area contributed by atoms with Gasteiger partial charge in [-0.25, -0.2) is 9.18 Å². The maximum Gasteiger partial charge on any atom is 0.408 e. The lowest BCUT2D eigenvalue weighted by Crippen LogP contribution is -2.49. The van der Waals surface area contributed by atoms with Gasteiger partial charge in [0, 0.05) is 19.6 Å². The molecule has 6 nitrogen and oxygen atoms in total. The Hall–Kier alpha value is -2.15. The summed E-state index contributed by atoms with van der Waals surface area (Å²) in [5.74, 6) is -0.593. The molecular formula is C19H30FN3O3. The fourth-order valence-corrected chi connectivity index (χ4v) is 2.26. The molecule has 0 aliphatic heterocycles. The zero-order valence-electron chi connectivity index (χ0n) is 16.5. The highest BCUT2D eigenvalue weighted by Crippen LogP contribution is 2.10. The van der Waals surface area contributed by atoms with Gasteiger partial charge in [0.2, 0.25) is 5.91 Å². The summed E-state index contributed by atoms with van der Waals surface area (Å²) in [5.41, 5.74) is 0.0560. The van der Waals surface area contributed by atoms with Gasteiger partial charge in [-0.2, -0.15) is 0 Å². The van der Waals surface area contributed by atoms with Gasteiger partial charge in [-0.05, 0) is 59.5 Å². The smallest absolute Gasteiger partial charge is 0.408 e. The second-order valence-corrected chi connectivity index (χ2v) is 7.56. The first-order valence-electron chi connectivity index (χ1n) is 8.65. The van der Waals surface area contributed by atoms with E-state index in [1.54, 1.807) is 44.7 Å². The van der Waals surface area contributed by atoms with Crippen molar-refractivity contribution in [2.45, 2.75) is 45.9 Å². The summed E-state index contributed by atoms with van der Waals surface area (Å²) in [5, 5.41) is 2.56. The van der Waals surface area contributed by atoms with Gasteiger partial charge >= 0.3 is 6.09 Å². The van der Waals surface area contributed by atoms with E-state index in [4.69, 9.17) is 4.74 Å². The van der Waals surface area contributed by atoms with Crippen molar-refractivity contribution in [3.05, 3.63) is 35.6 Å². The maximum absolute atomic E-state index is 13.4. The van der Waals surface area contributed by atoms with Crippen molar-refractivity contribution >= 4 is 12.0 Å². The molecule has 2 amide bonds. The number of carbonyl (C=O) groups excluding carboxylic acids is 2. The molecule has 0 aromatic heterocycles. The van der Waals surface area contributed by atoms with Crippen LogP contribution in [0.25, 0.3) is 0 Å². The van der Waals surface area contributed by atoms with E-state index in [9.17, 15) is 14.0 Å². The van der Waals surface area contributed by atoms with E-state index in [2.05, 4.69) is 5.32 Å². The number of carbonyl (C=O) groups is 2. The lowest BCUT2D eigenvalue weighted by molar-refractivity contribution is -0.133. The van der Waals surface area contributed by atoms with Crippen LogP contribution < -0.4 is 5.32 Å². The van der Waals surface area contributed by atoms with Crippen LogP contribution in [0, 0.1) is 5.82 Å². The van der Waals surface area contributed by atoms with Crippen LogP contribution in [0.15, 0.2) is 24.3 Å². The zero-order chi connectivity index (χ0) is 19.9. The molecule has 1 aromatic rings. The highest BCUT2D eigenvalue weighted by Gasteiger charge is 2.25. The predicted octanol–water partition coefficient (Wildman–Crippen LogP) is 2.63. The number of alkyl carbamates (subject to hydrolysis) is 1. The van der Waals surface area contributed by atoms with E-state index in [1.165, 1.54) is 12.1 Å². The number of hydrogen-bond acceptors (Lipinski definition) is 4. The lowest BCUT2D eigenvalue weighted by Gasteiger charge is -2.28. The number of nitrogens with one attached hydrogen (secondary N) is 1. The number of ether oxygens (including phenoxy) is 1. The van der Waals surface area contributed by atoms with Gasteiger partial charge in [0.05, 0.1) is 0 Å². The first kappa shape index (κ1) is 21.9. The highest BCUT2D eigenvalue weighted by atomic mass is 19.1. The Balaban J connectivity index is 2.80. The van der Waals surface area contributed by atoms with Crippen LogP contribution in [0.5, 0.6) is 0 Å². The first-order chi connectivity index (χ1) is 12.0. The normalized spacial score (nSPS) is 12.6. The number of amides is 2. The summed E-state index contributed by atoms with van der Waals surface area (Å²) in [4.78, 5) is 28.3. The average molecular weight is 367 g/mol. The van der Waals surface area contributed by atoms with Gasteiger partial charge in [-0.3, -0.25) is 4.79 Å². The Morgan fingerprint density at radius 1 is 1.23 bits per heavy atom. The summed E-state index contributed by atoms with van der Waals surface area (Å²) in [6.07, 6.45) is -0.642. The van der Waals surface area contributed by atoms with Crippen molar-refractivity contribution in [2.24, 2.45) is 0 Å². The number of hydrogen-bond donors (Lipinski definition) is 1. The van der Waals surface area contributed by atoms with Gasteiger partial charge in [0.25, 0.3) is 0 Å². The summed E-state index contributed by atoms with van der Waals surface area (Å²) < 4.78 is 18.6. The molecule has 0 bridgehead atoms. The van der Waals surface area contributed by atoms with E-state index in [-0.39, 0.29) is 18.3 Å². The molecule has 1 rings (SSSR count). The Kier molecular flexibility index (Phi) is 8.02. The van der Waals surface area contributed by atoms with Gasteiger partial charge in [-0.15, -0.1) is 0 Å². The second kappa shape index (κ2) is 9.52. The lowest BCUT2D eigenvalue weighted by atomic mass is 10.2. The number of likely N-dealkylation sites (N-methyl/N-ethyl adjacent to an activating group) is 1. The average Bonchev–Trinajstić information content (AvgIpc) is 2.48. The fourth-order valence-electron chi connectivity index (χ4n) is 2.26. The van der Waals surface area contributed by atoms with Gasteiger partial charge in [0.1, 0.15) is 17.5 Å². The van der Waals surface area contributed by atoms with E-state index in [1.807, 2.05) is 19.0 Å². The van der Waals surface area contributed by atoms with Crippen LogP contribution in [-0.2, 0) is 16.1 Å². The SMILES string of the molecule is C[C@@H](NC(=O)OC(C)(C)C)C(=O)N(CCN(C)C)Cc1cccc(F)c1. The number of benzene rings is 1. The van der Waals surface area contributed by atoms with Crippen LogP contribution >= 0.6 is 0 Å². The third-order valence-corrected chi connectivity index (χ3v) is 3.49. The zero-order valence-corrected chi connectivity index (χ0v) is 16.5. The van der Waals surface area contributed by atoms with Crippen molar-refractivity contribution in [1.82, 2.24) is 15.1 Å². The van der Waals surface area contributed by atoms with Gasteiger partial charge in [-0.1, -0.05) is 12.1 Å². The van der Waals surface area contributed by atoms with Crippen molar-refractivity contribution < 1.29 is 18.7 Å². The van der Waals surface area contributed by atoms with Crippen molar-refractivity contribution in [2.75, 3.05) is 27.2 Å². The third-order valence-electron chi connectivity index (χ3n) is 3.49. The summed E-state index contributed by atoms with van der Waals surface area (Å²) in [7, 11) is 3.82. The van der Waals surface area contributed by atoms with E-state index in [0.29, 0.717) is 18.7 Å². The molecule has 0 aliphatic carbocycles. The quantitative estimate of drug-likeness (QED) is 0.805. The molecule has 0 heterocycles. The number of halogens is 1. The molecule has 146 valence electrons. The molecule has 1 aromatic carbocycles. The molecule has 0 saturated heterocycles. The van der Waals surface area contributed by atoms with Crippen LogP contribution in [0.3, 0.4) is 0 Å². The first-order valence-corrected chi connectivity index (χ1v) is 8.65. The standard InChI is InChI=1S/C19H30FN3O3/c1-14(21-18(25)26-19(2,3)4)17(24)23(11-10-22(5)6)13-15-8-7-9-16(20)12-15/h7-9,12,14H,10-11,13H2,1-6H3,(H,21,25)/t14-/m1/s1. The van der Waals surface area contributed by atoms with Gasteiger partial charge < -0.3 is 19.9 Å². The molecule has 0 saturated carbocycles. The Bertz CT molecular complexity index is 614. The van der Waals surface area contributed by atoms with Crippen LogP contribution in [-0.4, -0.2) is 60.6 Å². The molecular weight excluding hydrogens is 337 g/mol. The molecule has 7 heteroatoms. The molecule has 0 fully saturated rings. The van der Waals surface area contributed by atoms with Crippen LogP contribution in [0.2, 0.25) is 0 Å². The van der Waals surface area contributed by atoms with Crippen LogP contribution in [0.4, 0.5) is 9.18 Å². The summed E-state index contributed by atoms with van der Waals surface area (Å²) in [6, 6.07) is 5.40. The number of nitrogens with zero attached hydrogens (tertiary/aromatic N) is 2. The third kappa shape index (κ3) is 8.29. The molecule has 1 atom stereocenters. The summed E-state index contributed by atoms with van der Waals surface area (Å²) >= 11 is 0. The monoisotopic (exact) mass is 367 g/mol. The highest BCUT2D eigenvalue weighted by molar-refractivity contribution is 5.85. The minimum atomic E-state index is -0.749. The Labute approximate surface area is 155 Å². The van der Waals surface area contributed by atoms with Gasteiger partial charge in [0.15, 0.2) is 0 Å². The second-order valence-electron chi connectivity index (χ2n) is 7.56. The predicted molar refractivity (Wildman–Crippen MR) is 99.2 cm³/mol. The van der Waals surface area contributed by atoms with Crippen molar-refractivity contribution in [3.63, 3.8) is 0 Å². The Morgan fingerprint density at radius 2 is 1.88 bits per heavy atom. The fraction of sp³-hybridized carbons (Fsp3) is 0.579.